The summed E-state index contributed by atoms with van der Waals surface area (Å²) in [6.45, 7) is 7.56. The highest BCUT2D eigenvalue weighted by molar-refractivity contribution is 5.93. The van der Waals surface area contributed by atoms with Gasteiger partial charge in [0.2, 0.25) is 0 Å². The molecule has 2 aromatic heterocycles. The Morgan fingerprint density at radius 2 is 1.93 bits per heavy atom. The summed E-state index contributed by atoms with van der Waals surface area (Å²) in [5, 5.41) is 7.00. The summed E-state index contributed by atoms with van der Waals surface area (Å²) >= 11 is 0. The molecule has 1 aromatic carbocycles. The van der Waals surface area contributed by atoms with E-state index in [2.05, 4.69) is 43.4 Å². The summed E-state index contributed by atoms with van der Waals surface area (Å²) in [5.74, 6) is 0. The lowest BCUT2D eigenvalue weighted by molar-refractivity contribution is 0.0365. The molecule has 7 nitrogen and oxygen atoms in total. The number of ether oxygens (including phenoxy) is 1. The van der Waals surface area contributed by atoms with E-state index in [-0.39, 0.29) is 12.1 Å². The molecule has 0 aliphatic carbocycles. The SMILES string of the molecule is CC(NC(=O)Nc1ccc2c(ccn2CCN2CCOCC2)c1)c1ccncc1. The number of hydrogen-bond acceptors (Lipinski definition) is 4. The zero-order valence-electron chi connectivity index (χ0n) is 16.7. The second-order valence-electron chi connectivity index (χ2n) is 7.34. The Morgan fingerprint density at radius 1 is 1.14 bits per heavy atom. The second-order valence-corrected chi connectivity index (χ2v) is 7.34. The van der Waals surface area contributed by atoms with Gasteiger partial charge in [-0.3, -0.25) is 9.88 Å². The molecule has 0 radical (unpaired) electrons. The molecule has 1 saturated heterocycles. The molecule has 152 valence electrons. The molecule has 1 aliphatic rings. The minimum absolute atomic E-state index is 0.0944. The molecule has 0 spiro atoms. The van der Waals surface area contributed by atoms with Gasteiger partial charge in [0.1, 0.15) is 0 Å². The van der Waals surface area contributed by atoms with E-state index < -0.39 is 0 Å². The van der Waals surface area contributed by atoms with Crippen molar-refractivity contribution in [1.82, 2.24) is 19.8 Å². The number of aromatic nitrogens is 2. The number of pyridine rings is 1. The first-order valence-corrected chi connectivity index (χ1v) is 10.1. The maximum atomic E-state index is 12.4. The van der Waals surface area contributed by atoms with Crippen LogP contribution in [0.3, 0.4) is 0 Å². The highest BCUT2D eigenvalue weighted by Gasteiger charge is 2.12. The van der Waals surface area contributed by atoms with Crippen molar-refractivity contribution in [2.45, 2.75) is 19.5 Å². The first-order chi connectivity index (χ1) is 14.2. The Kier molecular flexibility index (Phi) is 6.07. The quantitative estimate of drug-likeness (QED) is 0.674. The molecule has 0 bridgehead atoms. The topological polar surface area (TPSA) is 71.4 Å². The molecule has 0 saturated carbocycles. The molecular formula is C22H27N5O2. The fraction of sp³-hybridized carbons (Fsp3) is 0.364. The van der Waals surface area contributed by atoms with Crippen LogP contribution in [0.4, 0.5) is 10.5 Å². The number of fused-ring (bicyclic) bond motifs is 1. The average Bonchev–Trinajstić information content (AvgIpc) is 3.15. The van der Waals surface area contributed by atoms with E-state index in [9.17, 15) is 4.79 Å². The highest BCUT2D eigenvalue weighted by atomic mass is 16.5. The van der Waals surface area contributed by atoms with Crippen molar-refractivity contribution in [3.63, 3.8) is 0 Å². The third-order valence-corrected chi connectivity index (χ3v) is 5.34. The molecule has 29 heavy (non-hydrogen) atoms. The van der Waals surface area contributed by atoms with Crippen molar-refractivity contribution in [1.29, 1.82) is 0 Å². The van der Waals surface area contributed by atoms with E-state index in [4.69, 9.17) is 4.74 Å². The number of nitrogens with one attached hydrogen (secondary N) is 2. The molecule has 3 aromatic rings. The lowest BCUT2D eigenvalue weighted by atomic mass is 10.1. The van der Waals surface area contributed by atoms with E-state index in [1.807, 2.05) is 31.2 Å². The van der Waals surface area contributed by atoms with Crippen LogP contribution in [0, 0.1) is 0 Å². The van der Waals surface area contributed by atoms with Gasteiger partial charge in [0.05, 0.1) is 19.3 Å². The Hall–Kier alpha value is -2.90. The fourth-order valence-corrected chi connectivity index (χ4v) is 3.65. The third kappa shape index (κ3) is 4.93. The van der Waals surface area contributed by atoms with Crippen LogP contribution in [0.15, 0.2) is 55.0 Å². The zero-order chi connectivity index (χ0) is 20.1. The Balaban J connectivity index is 1.35. The second kappa shape index (κ2) is 9.07. The minimum Gasteiger partial charge on any atom is -0.379 e. The lowest BCUT2D eigenvalue weighted by Gasteiger charge is -2.26. The van der Waals surface area contributed by atoms with Crippen molar-refractivity contribution in [3.05, 3.63) is 60.6 Å². The monoisotopic (exact) mass is 393 g/mol. The van der Waals surface area contributed by atoms with Gasteiger partial charge in [-0.05, 0) is 48.9 Å². The number of anilines is 1. The molecule has 1 atom stereocenters. The predicted molar refractivity (Wildman–Crippen MR) is 114 cm³/mol. The molecule has 3 heterocycles. The van der Waals surface area contributed by atoms with Gasteiger partial charge in [-0.2, -0.15) is 0 Å². The molecule has 2 amide bonds. The zero-order valence-corrected chi connectivity index (χ0v) is 16.7. The molecule has 1 fully saturated rings. The number of nitrogens with zero attached hydrogens (tertiary/aromatic N) is 3. The molecule has 2 N–H and O–H groups in total. The van der Waals surface area contributed by atoms with Gasteiger partial charge in [-0.25, -0.2) is 4.79 Å². The van der Waals surface area contributed by atoms with E-state index in [0.29, 0.717) is 0 Å². The minimum atomic E-state index is -0.222. The number of urea groups is 1. The summed E-state index contributed by atoms with van der Waals surface area (Å²) in [5.41, 5.74) is 2.97. The summed E-state index contributed by atoms with van der Waals surface area (Å²) in [6.07, 6.45) is 5.56. The summed E-state index contributed by atoms with van der Waals surface area (Å²) < 4.78 is 7.67. The fourth-order valence-electron chi connectivity index (χ4n) is 3.65. The summed E-state index contributed by atoms with van der Waals surface area (Å²) in [4.78, 5) is 18.8. The Bertz CT molecular complexity index is 950. The van der Waals surface area contributed by atoms with Crippen molar-refractivity contribution in [2.75, 3.05) is 38.2 Å². The van der Waals surface area contributed by atoms with E-state index in [0.717, 1.165) is 56.0 Å². The molecule has 1 unspecified atom stereocenters. The number of benzene rings is 1. The maximum Gasteiger partial charge on any atom is 0.319 e. The van der Waals surface area contributed by atoms with Crippen LogP contribution in [0.5, 0.6) is 0 Å². The smallest absolute Gasteiger partial charge is 0.319 e. The first-order valence-electron chi connectivity index (χ1n) is 10.1. The summed E-state index contributed by atoms with van der Waals surface area (Å²) in [7, 11) is 0. The Labute approximate surface area is 170 Å². The van der Waals surface area contributed by atoms with E-state index >= 15 is 0 Å². The van der Waals surface area contributed by atoms with Crippen LogP contribution in [0.2, 0.25) is 0 Å². The van der Waals surface area contributed by atoms with Crippen LogP contribution in [-0.2, 0) is 11.3 Å². The highest BCUT2D eigenvalue weighted by Crippen LogP contribution is 2.21. The molecule has 4 rings (SSSR count). The average molecular weight is 393 g/mol. The van der Waals surface area contributed by atoms with Crippen LogP contribution in [0.25, 0.3) is 10.9 Å². The van der Waals surface area contributed by atoms with Crippen molar-refractivity contribution in [2.24, 2.45) is 0 Å². The Morgan fingerprint density at radius 3 is 2.72 bits per heavy atom. The van der Waals surface area contributed by atoms with Crippen LogP contribution >= 0.6 is 0 Å². The number of morpholine rings is 1. The molecule has 1 aliphatic heterocycles. The van der Waals surface area contributed by atoms with Gasteiger partial charge in [-0.1, -0.05) is 0 Å². The van der Waals surface area contributed by atoms with Gasteiger partial charge < -0.3 is 19.9 Å². The van der Waals surface area contributed by atoms with Gasteiger partial charge >= 0.3 is 6.03 Å². The normalized spacial score (nSPS) is 15.9. The lowest BCUT2D eigenvalue weighted by Crippen LogP contribution is -2.38. The van der Waals surface area contributed by atoms with Gasteiger partial charge in [0.25, 0.3) is 0 Å². The standard InChI is InChI=1S/C22H27N5O2/c1-17(18-4-7-23-8-5-18)24-22(28)25-20-2-3-21-19(16-20)6-9-27(21)11-10-26-12-14-29-15-13-26/h2-9,16-17H,10-15H2,1H3,(H2,24,25,28). The van der Waals surface area contributed by atoms with Gasteiger partial charge in [0, 0.05) is 61.4 Å². The first kappa shape index (κ1) is 19.4. The predicted octanol–water partition coefficient (Wildman–Crippen LogP) is 3.25. The third-order valence-electron chi connectivity index (χ3n) is 5.34. The number of carbonyl (C=O) groups excluding carboxylic acids is 1. The number of amides is 2. The van der Waals surface area contributed by atoms with Gasteiger partial charge in [0.15, 0.2) is 0 Å². The number of rotatable bonds is 6. The molecule has 7 heteroatoms. The largest absolute Gasteiger partial charge is 0.379 e. The van der Waals surface area contributed by atoms with Crippen LogP contribution in [0.1, 0.15) is 18.5 Å². The van der Waals surface area contributed by atoms with Crippen molar-refractivity contribution >= 4 is 22.6 Å². The van der Waals surface area contributed by atoms with E-state index in [1.54, 1.807) is 12.4 Å². The van der Waals surface area contributed by atoms with Crippen LogP contribution in [-0.4, -0.2) is 53.3 Å². The van der Waals surface area contributed by atoms with Crippen LogP contribution < -0.4 is 10.6 Å². The molecular weight excluding hydrogens is 366 g/mol. The number of carbonyl (C=O) groups is 1. The summed E-state index contributed by atoms with van der Waals surface area (Å²) in [6, 6.07) is 11.6. The van der Waals surface area contributed by atoms with Gasteiger partial charge in [-0.15, -0.1) is 0 Å². The van der Waals surface area contributed by atoms with E-state index in [1.165, 1.54) is 5.52 Å². The van der Waals surface area contributed by atoms with Crippen molar-refractivity contribution < 1.29 is 9.53 Å². The van der Waals surface area contributed by atoms with Crippen molar-refractivity contribution in [3.8, 4) is 0 Å². The maximum absolute atomic E-state index is 12.4. The number of hydrogen-bond donors (Lipinski definition) is 2.